The number of carbonyl (C=O) groups excluding carboxylic acids is 2. The minimum Gasteiger partial charge on any atom is -0.345 e. The van der Waals surface area contributed by atoms with Gasteiger partial charge in [-0.3, -0.25) is 24.3 Å². The number of nitro groups is 1. The minimum atomic E-state index is -0.503. The van der Waals surface area contributed by atoms with Crippen molar-refractivity contribution in [2.24, 2.45) is 0 Å². The first-order chi connectivity index (χ1) is 19.7. The van der Waals surface area contributed by atoms with E-state index in [0.29, 0.717) is 23.1 Å². The highest BCUT2D eigenvalue weighted by atomic mass is 32.2. The van der Waals surface area contributed by atoms with E-state index in [1.165, 1.54) is 23.4 Å². The van der Waals surface area contributed by atoms with Gasteiger partial charge in [0.2, 0.25) is 5.91 Å². The van der Waals surface area contributed by atoms with Crippen LogP contribution >= 0.6 is 11.8 Å². The van der Waals surface area contributed by atoms with Crippen LogP contribution in [0.2, 0.25) is 0 Å². The number of amides is 2. The Morgan fingerprint density at radius 1 is 1.00 bits per heavy atom. The van der Waals surface area contributed by atoms with Crippen molar-refractivity contribution >= 4 is 35.0 Å². The predicted molar refractivity (Wildman–Crippen MR) is 158 cm³/mol. The van der Waals surface area contributed by atoms with Crippen LogP contribution in [0.1, 0.15) is 44.9 Å². The molecule has 210 valence electrons. The summed E-state index contributed by atoms with van der Waals surface area (Å²) in [6.07, 6.45) is 1.87. The normalized spacial score (nSPS) is 12.6. The van der Waals surface area contributed by atoms with Gasteiger partial charge in [0.05, 0.1) is 22.9 Å². The molecule has 0 radical (unpaired) electrons. The number of para-hydroxylation sites is 1. The molecule has 1 aliphatic heterocycles. The van der Waals surface area contributed by atoms with Crippen LogP contribution < -0.4 is 10.2 Å². The lowest BCUT2D eigenvalue weighted by atomic mass is 10.0. The zero-order valence-corrected chi connectivity index (χ0v) is 23.9. The number of benzene rings is 3. The molecule has 41 heavy (non-hydrogen) atoms. The van der Waals surface area contributed by atoms with Crippen molar-refractivity contribution in [3.8, 4) is 5.69 Å². The summed E-state index contributed by atoms with van der Waals surface area (Å²) >= 11 is 1.30. The fourth-order valence-corrected chi connectivity index (χ4v) is 5.77. The van der Waals surface area contributed by atoms with E-state index in [0.717, 1.165) is 35.3 Å². The van der Waals surface area contributed by atoms with E-state index in [9.17, 15) is 19.7 Å². The molecule has 2 heterocycles. The summed E-state index contributed by atoms with van der Waals surface area (Å²) in [4.78, 5) is 38.9. The van der Waals surface area contributed by atoms with Crippen LogP contribution in [-0.2, 0) is 17.8 Å². The molecule has 10 nitrogen and oxygen atoms in total. The quantitative estimate of drug-likeness (QED) is 0.178. The SMILES string of the molecule is Cc1ccc(C(=O)NCc2nnc(SCC(=O)N3CCCc4ccccc43)n2-c2cccc(C)c2C)cc1[N+](=O)[O-]. The summed E-state index contributed by atoms with van der Waals surface area (Å²) in [6.45, 7) is 6.35. The summed E-state index contributed by atoms with van der Waals surface area (Å²) < 4.78 is 1.86. The Balaban J connectivity index is 1.39. The zero-order valence-electron chi connectivity index (χ0n) is 23.1. The van der Waals surface area contributed by atoms with Gasteiger partial charge in [-0.05, 0) is 68.5 Å². The van der Waals surface area contributed by atoms with Gasteiger partial charge < -0.3 is 10.2 Å². The van der Waals surface area contributed by atoms with E-state index in [-0.39, 0.29) is 29.5 Å². The molecule has 2 amide bonds. The van der Waals surface area contributed by atoms with Crippen LogP contribution in [0.5, 0.6) is 0 Å². The third kappa shape index (κ3) is 5.85. The van der Waals surface area contributed by atoms with E-state index in [1.54, 1.807) is 19.1 Å². The lowest BCUT2D eigenvalue weighted by Gasteiger charge is -2.29. The number of anilines is 1. The molecular weight excluding hydrogens is 540 g/mol. The third-order valence-electron chi connectivity index (χ3n) is 7.33. The molecule has 0 atom stereocenters. The van der Waals surface area contributed by atoms with Gasteiger partial charge in [-0.25, -0.2) is 0 Å². The van der Waals surface area contributed by atoms with Gasteiger partial charge in [0.1, 0.15) is 0 Å². The largest absolute Gasteiger partial charge is 0.345 e. The second kappa shape index (κ2) is 11.9. The van der Waals surface area contributed by atoms with Gasteiger partial charge in [0, 0.05) is 29.4 Å². The summed E-state index contributed by atoms with van der Waals surface area (Å²) in [5, 5.41) is 23.4. The number of carbonyl (C=O) groups is 2. The van der Waals surface area contributed by atoms with Crippen molar-refractivity contribution in [2.75, 3.05) is 17.2 Å². The number of fused-ring (bicyclic) bond motifs is 1. The standard InChI is InChI=1S/C30H30N6O4S/c1-19-8-6-12-24(21(19)3)35-27(17-31-29(38)23-14-13-20(2)26(16-23)36(39)40)32-33-30(35)41-18-28(37)34-15-7-10-22-9-4-5-11-25(22)34/h4-6,8-9,11-14,16H,7,10,15,17-18H2,1-3H3,(H,31,38). The summed E-state index contributed by atoms with van der Waals surface area (Å²) in [6, 6.07) is 18.3. The number of nitro benzene ring substituents is 1. The van der Waals surface area contributed by atoms with E-state index in [2.05, 4.69) is 21.6 Å². The first kappa shape index (κ1) is 28.0. The summed E-state index contributed by atoms with van der Waals surface area (Å²) in [7, 11) is 0. The van der Waals surface area contributed by atoms with Crippen LogP contribution in [0, 0.1) is 30.9 Å². The van der Waals surface area contributed by atoms with Gasteiger partial charge in [0.15, 0.2) is 11.0 Å². The number of aryl methyl sites for hydroxylation is 3. The second-order valence-electron chi connectivity index (χ2n) is 9.96. The lowest BCUT2D eigenvalue weighted by molar-refractivity contribution is -0.385. The summed E-state index contributed by atoms with van der Waals surface area (Å²) in [5.74, 6) is 0.189. The van der Waals surface area contributed by atoms with Crippen molar-refractivity contribution in [3.63, 3.8) is 0 Å². The average Bonchev–Trinajstić information content (AvgIpc) is 3.38. The number of thioether (sulfide) groups is 1. The number of hydrogen-bond donors (Lipinski definition) is 1. The molecule has 1 aliphatic rings. The van der Waals surface area contributed by atoms with E-state index < -0.39 is 10.8 Å². The molecule has 1 N–H and O–H groups in total. The maximum atomic E-state index is 13.3. The van der Waals surface area contributed by atoms with E-state index in [4.69, 9.17) is 0 Å². The van der Waals surface area contributed by atoms with Crippen molar-refractivity contribution in [1.29, 1.82) is 0 Å². The average molecular weight is 571 g/mol. The number of nitrogens with one attached hydrogen (secondary N) is 1. The Hall–Kier alpha value is -4.51. The highest BCUT2D eigenvalue weighted by Gasteiger charge is 2.24. The molecule has 3 aromatic carbocycles. The molecular formula is C30H30N6O4S. The van der Waals surface area contributed by atoms with Crippen LogP contribution in [0.25, 0.3) is 5.69 Å². The van der Waals surface area contributed by atoms with Crippen LogP contribution in [-0.4, -0.2) is 43.8 Å². The van der Waals surface area contributed by atoms with Crippen LogP contribution in [0.3, 0.4) is 0 Å². The molecule has 1 aromatic heterocycles. The first-order valence-corrected chi connectivity index (χ1v) is 14.3. The molecule has 0 spiro atoms. The fourth-order valence-electron chi connectivity index (χ4n) is 4.93. The minimum absolute atomic E-state index is 0.00603. The third-order valence-corrected chi connectivity index (χ3v) is 8.24. The molecule has 0 unspecified atom stereocenters. The molecule has 0 aliphatic carbocycles. The molecule has 0 bridgehead atoms. The fraction of sp³-hybridized carbons (Fsp3) is 0.267. The molecule has 4 aromatic rings. The maximum Gasteiger partial charge on any atom is 0.273 e. The van der Waals surface area contributed by atoms with Gasteiger partial charge in [-0.15, -0.1) is 10.2 Å². The Morgan fingerprint density at radius 3 is 2.59 bits per heavy atom. The Labute approximate surface area is 241 Å². The summed E-state index contributed by atoms with van der Waals surface area (Å²) in [5.41, 5.74) is 5.63. The number of rotatable bonds is 8. The Morgan fingerprint density at radius 2 is 1.78 bits per heavy atom. The monoisotopic (exact) mass is 570 g/mol. The molecule has 0 saturated heterocycles. The molecule has 0 fully saturated rings. The first-order valence-electron chi connectivity index (χ1n) is 13.3. The van der Waals surface area contributed by atoms with Crippen LogP contribution in [0.15, 0.2) is 65.8 Å². The van der Waals surface area contributed by atoms with Crippen LogP contribution in [0.4, 0.5) is 11.4 Å². The highest BCUT2D eigenvalue weighted by Crippen LogP contribution is 2.30. The zero-order chi connectivity index (χ0) is 29.1. The maximum absolute atomic E-state index is 13.3. The number of nitrogens with zero attached hydrogens (tertiary/aromatic N) is 5. The Bertz CT molecular complexity index is 1650. The molecule has 11 heteroatoms. The smallest absolute Gasteiger partial charge is 0.273 e. The molecule has 5 rings (SSSR count). The van der Waals surface area contributed by atoms with Crippen molar-refractivity contribution in [2.45, 2.75) is 45.3 Å². The second-order valence-corrected chi connectivity index (χ2v) is 10.9. The predicted octanol–water partition coefficient (Wildman–Crippen LogP) is 5.10. The van der Waals surface area contributed by atoms with E-state index in [1.807, 2.05) is 59.7 Å². The topological polar surface area (TPSA) is 123 Å². The lowest BCUT2D eigenvalue weighted by Crippen LogP contribution is -2.36. The number of hydrogen-bond acceptors (Lipinski definition) is 7. The van der Waals surface area contributed by atoms with Gasteiger partial charge >= 0.3 is 0 Å². The van der Waals surface area contributed by atoms with E-state index >= 15 is 0 Å². The van der Waals surface area contributed by atoms with Gasteiger partial charge in [-0.2, -0.15) is 0 Å². The number of aromatic nitrogens is 3. The van der Waals surface area contributed by atoms with Crippen molar-refractivity contribution in [3.05, 3.63) is 104 Å². The molecule has 0 saturated carbocycles. The van der Waals surface area contributed by atoms with Gasteiger partial charge in [0.25, 0.3) is 11.6 Å². The Kier molecular flexibility index (Phi) is 8.16. The van der Waals surface area contributed by atoms with Gasteiger partial charge in [-0.1, -0.05) is 48.2 Å². The highest BCUT2D eigenvalue weighted by molar-refractivity contribution is 7.99. The van der Waals surface area contributed by atoms with Crippen molar-refractivity contribution < 1.29 is 14.5 Å². The van der Waals surface area contributed by atoms with Crippen molar-refractivity contribution in [1.82, 2.24) is 20.1 Å².